The zero-order valence-electron chi connectivity index (χ0n) is 11.5. The van der Waals surface area contributed by atoms with Gasteiger partial charge in [-0.3, -0.25) is 4.90 Å². The van der Waals surface area contributed by atoms with Gasteiger partial charge in [-0.25, -0.2) is 0 Å². The molecule has 0 aromatic carbocycles. The predicted molar refractivity (Wildman–Crippen MR) is 70.9 cm³/mol. The minimum absolute atomic E-state index is 0.676. The van der Waals surface area contributed by atoms with E-state index in [1.54, 1.807) is 0 Å². The van der Waals surface area contributed by atoms with Crippen LogP contribution in [0.2, 0.25) is 0 Å². The van der Waals surface area contributed by atoms with E-state index in [2.05, 4.69) is 43.1 Å². The van der Waals surface area contributed by atoms with Gasteiger partial charge in [-0.05, 0) is 59.4 Å². The zero-order chi connectivity index (χ0) is 12.0. The normalized spacial score (nSPS) is 20.6. The van der Waals surface area contributed by atoms with Gasteiger partial charge in [-0.15, -0.1) is 0 Å². The van der Waals surface area contributed by atoms with Gasteiger partial charge in [0.05, 0.1) is 0 Å². The lowest BCUT2D eigenvalue weighted by atomic mass is 9.97. The number of nitrogens with one attached hydrogen (secondary N) is 1. The van der Waals surface area contributed by atoms with Crippen molar-refractivity contribution in [3.63, 3.8) is 0 Å². The molecule has 0 aliphatic carbocycles. The molecule has 0 radical (unpaired) electrons. The highest BCUT2D eigenvalue weighted by Crippen LogP contribution is 2.15. The largest absolute Gasteiger partial charge is 0.317 e. The third-order valence-corrected chi connectivity index (χ3v) is 3.61. The molecule has 1 N–H and O–H groups in total. The fourth-order valence-electron chi connectivity index (χ4n) is 2.66. The van der Waals surface area contributed by atoms with Crippen molar-refractivity contribution in [3.8, 4) is 0 Å². The Hall–Kier alpha value is -0.120. The summed E-state index contributed by atoms with van der Waals surface area (Å²) in [6, 6.07) is 0.676. The number of nitrogens with zero attached hydrogens (tertiary/aromatic N) is 2. The van der Waals surface area contributed by atoms with Crippen LogP contribution in [0.4, 0.5) is 0 Å². The van der Waals surface area contributed by atoms with E-state index in [0.717, 1.165) is 5.92 Å². The Bertz CT molecular complexity index is 176. The highest BCUT2D eigenvalue weighted by molar-refractivity contribution is 4.76. The monoisotopic (exact) mass is 227 g/mol. The van der Waals surface area contributed by atoms with E-state index >= 15 is 0 Å². The van der Waals surface area contributed by atoms with E-state index in [4.69, 9.17) is 0 Å². The molecule has 3 heteroatoms. The lowest BCUT2D eigenvalue weighted by Crippen LogP contribution is -2.44. The Kier molecular flexibility index (Phi) is 6.32. The quantitative estimate of drug-likeness (QED) is 0.737. The molecule has 0 bridgehead atoms. The van der Waals surface area contributed by atoms with E-state index in [9.17, 15) is 0 Å². The molecule has 1 unspecified atom stereocenters. The van der Waals surface area contributed by atoms with Crippen molar-refractivity contribution in [1.29, 1.82) is 0 Å². The van der Waals surface area contributed by atoms with Crippen molar-refractivity contribution < 1.29 is 0 Å². The molecule has 1 rings (SSSR count). The van der Waals surface area contributed by atoms with Crippen molar-refractivity contribution >= 4 is 0 Å². The standard InChI is InChI=1S/C13H29N3/c1-5-16(12(2)10-15(3)4)11-13-6-8-14-9-7-13/h12-14H,5-11H2,1-4H3. The van der Waals surface area contributed by atoms with Gasteiger partial charge in [-0.2, -0.15) is 0 Å². The molecule has 1 fully saturated rings. The zero-order valence-corrected chi connectivity index (χ0v) is 11.5. The van der Waals surface area contributed by atoms with Crippen LogP contribution in [0.5, 0.6) is 0 Å². The molecule has 96 valence electrons. The molecule has 0 saturated carbocycles. The van der Waals surface area contributed by atoms with Crippen LogP contribution in [0.15, 0.2) is 0 Å². The van der Waals surface area contributed by atoms with Crippen LogP contribution in [-0.2, 0) is 0 Å². The van der Waals surface area contributed by atoms with Gasteiger partial charge in [0.2, 0.25) is 0 Å². The molecular formula is C13H29N3. The van der Waals surface area contributed by atoms with Crippen LogP contribution >= 0.6 is 0 Å². The van der Waals surface area contributed by atoms with Gasteiger partial charge in [0, 0.05) is 19.1 Å². The molecule has 1 aliphatic rings. The first-order chi connectivity index (χ1) is 7.63. The highest BCUT2D eigenvalue weighted by atomic mass is 15.2. The van der Waals surface area contributed by atoms with Gasteiger partial charge in [0.25, 0.3) is 0 Å². The van der Waals surface area contributed by atoms with E-state index in [-0.39, 0.29) is 0 Å². The summed E-state index contributed by atoms with van der Waals surface area (Å²) in [5.41, 5.74) is 0. The average molecular weight is 227 g/mol. The maximum absolute atomic E-state index is 3.44. The van der Waals surface area contributed by atoms with Gasteiger partial charge in [0.1, 0.15) is 0 Å². The molecule has 1 atom stereocenters. The molecule has 1 saturated heterocycles. The molecular weight excluding hydrogens is 198 g/mol. The van der Waals surface area contributed by atoms with Crippen LogP contribution in [-0.4, -0.2) is 62.7 Å². The third kappa shape index (κ3) is 4.81. The second-order valence-electron chi connectivity index (χ2n) is 5.39. The van der Waals surface area contributed by atoms with Crippen LogP contribution < -0.4 is 5.32 Å². The fraction of sp³-hybridized carbons (Fsp3) is 1.00. The molecule has 0 spiro atoms. The summed E-state index contributed by atoms with van der Waals surface area (Å²) in [5, 5.41) is 3.44. The van der Waals surface area contributed by atoms with Crippen LogP contribution in [0, 0.1) is 5.92 Å². The summed E-state index contributed by atoms with van der Waals surface area (Å²) < 4.78 is 0. The number of hydrogen-bond donors (Lipinski definition) is 1. The molecule has 0 aromatic heterocycles. The van der Waals surface area contributed by atoms with Crippen LogP contribution in [0.1, 0.15) is 26.7 Å². The molecule has 0 aromatic rings. The Balaban J connectivity index is 2.34. The van der Waals surface area contributed by atoms with E-state index in [1.165, 1.54) is 45.6 Å². The van der Waals surface area contributed by atoms with Crippen molar-refractivity contribution in [2.24, 2.45) is 5.92 Å². The summed E-state index contributed by atoms with van der Waals surface area (Å²) in [7, 11) is 4.32. The summed E-state index contributed by atoms with van der Waals surface area (Å²) in [6.07, 6.45) is 2.70. The van der Waals surface area contributed by atoms with E-state index < -0.39 is 0 Å². The fourth-order valence-corrected chi connectivity index (χ4v) is 2.66. The smallest absolute Gasteiger partial charge is 0.0194 e. The molecule has 1 aliphatic heterocycles. The maximum atomic E-state index is 3.44. The number of rotatable bonds is 6. The third-order valence-electron chi connectivity index (χ3n) is 3.61. The van der Waals surface area contributed by atoms with Crippen LogP contribution in [0.25, 0.3) is 0 Å². The average Bonchev–Trinajstić information content (AvgIpc) is 2.26. The van der Waals surface area contributed by atoms with Crippen molar-refractivity contribution in [2.45, 2.75) is 32.7 Å². The van der Waals surface area contributed by atoms with E-state index in [1.807, 2.05) is 0 Å². The summed E-state index contributed by atoms with van der Waals surface area (Å²) >= 11 is 0. The first-order valence-electron chi connectivity index (χ1n) is 6.73. The minimum Gasteiger partial charge on any atom is -0.317 e. The van der Waals surface area contributed by atoms with Crippen LogP contribution in [0.3, 0.4) is 0 Å². The Labute approximate surface area is 101 Å². The molecule has 0 amide bonds. The second kappa shape index (κ2) is 7.25. The first-order valence-corrected chi connectivity index (χ1v) is 6.73. The lowest BCUT2D eigenvalue weighted by molar-refractivity contribution is 0.145. The Morgan fingerprint density at radius 1 is 1.25 bits per heavy atom. The van der Waals surface area contributed by atoms with E-state index in [0.29, 0.717) is 6.04 Å². The molecule has 16 heavy (non-hydrogen) atoms. The van der Waals surface area contributed by atoms with Gasteiger partial charge < -0.3 is 10.2 Å². The summed E-state index contributed by atoms with van der Waals surface area (Å²) in [6.45, 7) is 10.7. The van der Waals surface area contributed by atoms with Gasteiger partial charge in [-0.1, -0.05) is 6.92 Å². The summed E-state index contributed by atoms with van der Waals surface area (Å²) in [5.74, 6) is 0.908. The summed E-state index contributed by atoms with van der Waals surface area (Å²) in [4.78, 5) is 4.92. The predicted octanol–water partition coefficient (Wildman–Crippen LogP) is 1.26. The Morgan fingerprint density at radius 3 is 2.38 bits per heavy atom. The molecule has 3 nitrogen and oxygen atoms in total. The van der Waals surface area contributed by atoms with Gasteiger partial charge in [0.15, 0.2) is 0 Å². The number of likely N-dealkylation sites (N-methyl/N-ethyl adjacent to an activating group) is 2. The molecule has 1 heterocycles. The van der Waals surface area contributed by atoms with Crippen molar-refractivity contribution in [2.75, 3.05) is 46.8 Å². The lowest BCUT2D eigenvalue weighted by Gasteiger charge is -2.34. The maximum Gasteiger partial charge on any atom is 0.0194 e. The minimum atomic E-state index is 0.676. The topological polar surface area (TPSA) is 18.5 Å². The Morgan fingerprint density at radius 2 is 1.88 bits per heavy atom. The van der Waals surface area contributed by atoms with Crippen molar-refractivity contribution in [3.05, 3.63) is 0 Å². The highest BCUT2D eigenvalue weighted by Gasteiger charge is 2.19. The number of piperidine rings is 1. The first kappa shape index (κ1) is 13.9. The SMILES string of the molecule is CCN(CC1CCNCC1)C(C)CN(C)C. The number of hydrogen-bond acceptors (Lipinski definition) is 3. The second-order valence-corrected chi connectivity index (χ2v) is 5.39. The van der Waals surface area contributed by atoms with Gasteiger partial charge >= 0.3 is 0 Å². The van der Waals surface area contributed by atoms with Crippen molar-refractivity contribution in [1.82, 2.24) is 15.1 Å².